The highest BCUT2D eigenvalue weighted by atomic mass is 16.6. The zero-order valence-corrected chi connectivity index (χ0v) is 12.8. The van der Waals surface area contributed by atoms with E-state index >= 15 is 0 Å². The number of para-hydroxylation sites is 1. The van der Waals surface area contributed by atoms with Gasteiger partial charge in [-0.2, -0.15) is 0 Å². The molecule has 1 aromatic carbocycles. The topological polar surface area (TPSA) is 34.6 Å². The number of nitrogens with zero attached hydrogens (tertiary/aromatic N) is 2. The van der Waals surface area contributed by atoms with Crippen LogP contribution in [-0.2, 0) is 0 Å². The van der Waals surface area contributed by atoms with Crippen LogP contribution in [0.3, 0.4) is 0 Å². The van der Waals surface area contributed by atoms with Gasteiger partial charge >= 0.3 is 0 Å². The van der Waals surface area contributed by atoms with E-state index < -0.39 is 0 Å². The number of hydrogen-bond acceptors (Lipinski definition) is 4. The summed E-state index contributed by atoms with van der Waals surface area (Å²) >= 11 is 0. The molecule has 0 N–H and O–H groups in total. The third-order valence-corrected chi connectivity index (χ3v) is 4.42. The third-order valence-electron chi connectivity index (χ3n) is 4.42. The van der Waals surface area contributed by atoms with Gasteiger partial charge in [0.25, 0.3) is 0 Å². The van der Waals surface area contributed by atoms with Crippen molar-refractivity contribution in [1.29, 1.82) is 0 Å². The second kappa shape index (κ2) is 5.52. The molecule has 0 aliphatic carbocycles. The summed E-state index contributed by atoms with van der Waals surface area (Å²) in [7, 11) is 0. The van der Waals surface area contributed by atoms with Crippen LogP contribution in [0.15, 0.2) is 36.5 Å². The Morgan fingerprint density at radius 1 is 1.18 bits per heavy atom. The fourth-order valence-electron chi connectivity index (χ4n) is 3.47. The molecular formula is C18H20N2O2. The summed E-state index contributed by atoms with van der Waals surface area (Å²) in [5.74, 6) is 1.80. The van der Waals surface area contributed by atoms with Crippen LogP contribution < -0.4 is 14.4 Å². The van der Waals surface area contributed by atoms with Gasteiger partial charge in [0.2, 0.25) is 0 Å². The number of anilines is 1. The fourth-order valence-corrected chi connectivity index (χ4v) is 3.47. The molecule has 3 heterocycles. The number of benzene rings is 1. The quantitative estimate of drug-likeness (QED) is 0.849. The van der Waals surface area contributed by atoms with Crippen LogP contribution in [0.1, 0.15) is 30.1 Å². The lowest BCUT2D eigenvalue weighted by atomic mass is 10.0. The molecule has 1 unspecified atom stereocenters. The number of aryl methyl sites for hydroxylation is 1. The lowest BCUT2D eigenvalue weighted by Crippen LogP contribution is -2.24. The molecule has 1 atom stereocenters. The number of rotatable bonds is 2. The van der Waals surface area contributed by atoms with Crippen LogP contribution in [0.5, 0.6) is 11.5 Å². The molecule has 2 aliphatic heterocycles. The first-order valence-corrected chi connectivity index (χ1v) is 7.91. The molecule has 0 spiro atoms. The molecule has 1 fully saturated rings. The van der Waals surface area contributed by atoms with Gasteiger partial charge in [0.15, 0.2) is 11.5 Å². The van der Waals surface area contributed by atoms with Gasteiger partial charge in [-0.05, 0) is 38.0 Å². The number of ether oxygens (including phenoxy) is 2. The second-order valence-corrected chi connectivity index (χ2v) is 5.88. The van der Waals surface area contributed by atoms with Crippen LogP contribution in [0, 0.1) is 6.92 Å². The first-order chi connectivity index (χ1) is 10.8. The number of fused-ring (bicyclic) bond motifs is 1. The molecule has 22 heavy (non-hydrogen) atoms. The minimum absolute atomic E-state index is 0.346. The Kier molecular flexibility index (Phi) is 3.37. The van der Waals surface area contributed by atoms with E-state index in [0.29, 0.717) is 19.3 Å². The van der Waals surface area contributed by atoms with E-state index in [-0.39, 0.29) is 0 Å². The highest BCUT2D eigenvalue weighted by Crippen LogP contribution is 2.44. The maximum atomic E-state index is 5.91. The molecule has 4 rings (SSSR count). The third kappa shape index (κ3) is 2.28. The standard InChI is InChI=1S/C18H20N2O2/c1-13-12-14(7-8-19-13)20-9-3-5-16(20)15-4-2-6-17-18(15)22-11-10-21-17/h2,4,6-8,12,16H,3,5,9-11H2,1H3. The van der Waals surface area contributed by atoms with Gasteiger partial charge in [-0.1, -0.05) is 12.1 Å². The van der Waals surface area contributed by atoms with Crippen LogP contribution in [0.2, 0.25) is 0 Å². The average Bonchev–Trinajstić information content (AvgIpc) is 3.04. The van der Waals surface area contributed by atoms with E-state index in [0.717, 1.165) is 30.2 Å². The van der Waals surface area contributed by atoms with Crippen LogP contribution >= 0.6 is 0 Å². The Balaban J connectivity index is 1.72. The predicted octanol–water partition coefficient (Wildman–Crippen LogP) is 3.50. The smallest absolute Gasteiger partial charge is 0.166 e. The maximum absolute atomic E-state index is 5.91. The summed E-state index contributed by atoms with van der Waals surface area (Å²) in [6.45, 7) is 4.37. The number of pyridine rings is 1. The van der Waals surface area contributed by atoms with Crippen molar-refractivity contribution in [2.45, 2.75) is 25.8 Å². The summed E-state index contributed by atoms with van der Waals surface area (Å²) < 4.78 is 11.6. The fraction of sp³-hybridized carbons (Fsp3) is 0.389. The van der Waals surface area contributed by atoms with Gasteiger partial charge in [-0.15, -0.1) is 0 Å². The SMILES string of the molecule is Cc1cc(N2CCCC2c2cccc3c2OCCO3)ccn1. The molecule has 0 radical (unpaired) electrons. The molecule has 0 bridgehead atoms. The Hall–Kier alpha value is -2.23. The van der Waals surface area contributed by atoms with E-state index in [4.69, 9.17) is 9.47 Å². The van der Waals surface area contributed by atoms with Crippen molar-refractivity contribution in [3.63, 3.8) is 0 Å². The monoisotopic (exact) mass is 296 g/mol. The van der Waals surface area contributed by atoms with Gasteiger partial charge in [0.1, 0.15) is 13.2 Å². The zero-order valence-electron chi connectivity index (χ0n) is 12.8. The average molecular weight is 296 g/mol. The Morgan fingerprint density at radius 2 is 2.09 bits per heavy atom. The van der Waals surface area contributed by atoms with Crippen LogP contribution in [-0.4, -0.2) is 24.7 Å². The van der Waals surface area contributed by atoms with Gasteiger partial charge in [0, 0.05) is 29.7 Å². The Bertz CT molecular complexity index is 687. The Morgan fingerprint density at radius 3 is 3.00 bits per heavy atom. The minimum Gasteiger partial charge on any atom is -0.486 e. The highest BCUT2D eigenvalue weighted by Gasteiger charge is 2.30. The van der Waals surface area contributed by atoms with Gasteiger partial charge in [-0.25, -0.2) is 0 Å². The largest absolute Gasteiger partial charge is 0.486 e. The highest BCUT2D eigenvalue weighted by molar-refractivity contribution is 5.55. The van der Waals surface area contributed by atoms with Crippen molar-refractivity contribution >= 4 is 5.69 Å². The summed E-state index contributed by atoms with van der Waals surface area (Å²) in [5.41, 5.74) is 3.53. The lowest BCUT2D eigenvalue weighted by Gasteiger charge is -2.30. The van der Waals surface area contributed by atoms with E-state index in [1.807, 2.05) is 19.2 Å². The molecule has 4 heteroatoms. The summed E-state index contributed by atoms with van der Waals surface area (Å²) in [6, 6.07) is 10.8. The van der Waals surface area contributed by atoms with Crippen molar-refractivity contribution in [3.8, 4) is 11.5 Å². The maximum Gasteiger partial charge on any atom is 0.166 e. The molecule has 1 aromatic heterocycles. The van der Waals surface area contributed by atoms with Crippen molar-refractivity contribution in [2.75, 3.05) is 24.7 Å². The molecule has 0 saturated carbocycles. The van der Waals surface area contributed by atoms with Gasteiger partial charge < -0.3 is 14.4 Å². The van der Waals surface area contributed by atoms with E-state index in [1.165, 1.54) is 17.7 Å². The Labute approximate surface area is 130 Å². The molecule has 4 nitrogen and oxygen atoms in total. The second-order valence-electron chi connectivity index (χ2n) is 5.88. The van der Waals surface area contributed by atoms with E-state index in [9.17, 15) is 0 Å². The van der Waals surface area contributed by atoms with Gasteiger partial charge in [-0.3, -0.25) is 4.98 Å². The lowest BCUT2D eigenvalue weighted by molar-refractivity contribution is 0.169. The molecule has 2 aliphatic rings. The number of hydrogen-bond donors (Lipinski definition) is 0. The minimum atomic E-state index is 0.346. The van der Waals surface area contributed by atoms with E-state index in [2.05, 4.69) is 34.1 Å². The summed E-state index contributed by atoms with van der Waals surface area (Å²) in [4.78, 5) is 6.77. The van der Waals surface area contributed by atoms with Gasteiger partial charge in [0.05, 0.1) is 6.04 Å². The van der Waals surface area contributed by atoms with Crippen molar-refractivity contribution in [2.24, 2.45) is 0 Å². The number of aromatic nitrogens is 1. The summed E-state index contributed by atoms with van der Waals surface area (Å²) in [6.07, 6.45) is 4.22. The molecule has 114 valence electrons. The van der Waals surface area contributed by atoms with Crippen LogP contribution in [0.4, 0.5) is 5.69 Å². The molecule has 2 aromatic rings. The van der Waals surface area contributed by atoms with E-state index in [1.54, 1.807) is 0 Å². The predicted molar refractivity (Wildman–Crippen MR) is 85.7 cm³/mol. The summed E-state index contributed by atoms with van der Waals surface area (Å²) in [5, 5.41) is 0. The molecule has 1 saturated heterocycles. The zero-order chi connectivity index (χ0) is 14.9. The first-order valence-electron chi connectivity index (χ1n) is 7.91. The first kappa shape index (κ1) is 13.4. The molecular weight excluding hydrogens is 276 g/mol. The normalized spacial score (nSPS) is 20.2. The van der Waals surface area contributed by atoms with Crippen molar-refractivity contribution < 1.29 is 9.47 Å². The molecule has 0 amide bonds. The van der Waals surface area contributed by atoms with Crippen LogP contribution in [0.25, 0.3) is 0 Å². The van der Waals surface area contributed by atoms with Crippen molar-refractivity contribution in [1.82, 2.24) is 4.98 Å². The van der Waals surface area contributed by atoms with Crippen molar-refractivity contribution in [3.05, 3.63) is 47.8 Å².